The lowest BCUT2D eigenvalue weighted by molar-refractivity contribution is 0.0730. The first kappa shape index (κ1) is 20.4. The fourth-order valence-electron chi connectivity index (χ4n) is 3.79. The second-order valence-electron chi connectivity index (χ2n) is 8.84. The van der Waals surface area contributed by atoms with Gasteiger partial charge in [-0.25, -0.2) is 4.98 Å². The van der Waals surface area contributed by atoms with Gasteiger partial charge in [0.2, 0.25) is 0 Å². The highest BCUT2D eigenvalue weighted by molar-refractivity contribution is 7.10. The zero-order valence-corrected chi connectivity index (χ0v) is 18.9. The first-order chi connectivity index (χ1) is 15.3. The maximum atomic E-state index is 13.1. The monoisotopic (exact) mass is 449 g/mol. The van der Waals surface area contributed by atoms with Gasteiger partial charge in [0.05, 0.1) is 24.0 Å². The second-order valence-corrected chi connectivity index (χ2v) is 9.81. The number of imidazole rings is 1. The van der Waals surface area contributed by atoms with E-state index in [4.69, 9.17) is 4.42 Å². The average molecular weight is 450 g/mol. The van der Waals surface area contributed by atoms with Gasteiger partial charge in [-0.15, -0.1) is 11.3 Å². The number of nitrogens with one attached hydrogen (secondary N) is 1. The lowest BCUT2D eigenvalue weighted by Crippen LogP contribution is -2.36. The van der Waals surface area contributed by atoms with Crippen LogP contribution < -0.4 is 5.32 Å². The van der Waals surface area contributed by atoms with E-state index in [0.29, 0.717) is 30.8 Å². The Morgan fingerprint density at radius 3 is 2.88 bits per heavy atom. The molecule has 9 heteroatoms. The zero-order chi connectivity index (χ0) is 22.5. The summed E-state index contributed by atoms with van der Waals surface area (Å²) in [6, 6.07) is 5.83. The molecule has 0 spiro atoms. The van der Waals surface area contributed by atoms with E-state index in [-0.39, 0.29) is 23.2 Å². The van der Waals surface area contributed by atoms with E-state index in [0.717, 1.165) is 21.8 Å². The van der Waals surface area contributed by atoms with E-state index in [1.165, 1.54) is 11.3 Å². The summed E-state index contributed by atoms with van der Waals surface area (Å²) >= 11 is 1.49. The number of aromatic nitrogens is 3. The predicted molar refractivity (Wildman–Crippen MR) is 121 cm³/mol. The van der Waals surface area contributed by atoms with Crippen LogP contribution in [-0.2, 0) is 18.4 Å². The number of carbonyl (C=O) groups excluding carboxylic acids is 2. The number of anilines is 1. The molecule has 0 saturated carbocycles. The van der Waals surface area contributed by atoms with Gasteiger partial charge >= 0.3 is 6.01 Å². The van der Waals surface area contributed by atoms with Gasteiger partial charge < -0.3 is 9.32 Å². The highest BCUT2D eigenvalue weighted by Crippen LogP contribution is 2.30. The Hall–Kier alpha value is -3.46. The highest BCUT2D eigenvalue weighted by atomic mass is 32.1. The summed E-state index contributed by atoms with van der Waals surface area (Å²) in [5, 5.41) is 4.60. The minimum atomic E-state index is -0.244. The van der Waals surface area contributed by atoms with Crippen LogP contribution in [0.3, 0.4) is 0 Å². The van der Waals surface area contributed by atoms with Crippen LogP contribution >= 0.6 is 11.3 Å². The first-order valence-electron chi connectivity index (χ1n) is 10.4. The average Bonchev–Trinajstić information content (AvgIpc) is 3.50. The third kappa shape index (κ3) is 3.58. The molecule has 1 aliphatic rings. The van der Waals surface area contributed by atoms with E-state index >= 15 is 0 Å². The van der Waals surface area contributed by atoms with Crippen molar-refractivity contribution in [1.82, 2.24) is 19.3 Å². The number of hydrogen-bond donors (Lipinski definition) is 1. The summed E-state index contributed by atoms with van der Waals surface area (Å²) in [4.78, 5) is 37.5. The summed E-state index contributed by atoms with van der Waals surface area (Å²) < 4.78 is 7.23. The Morgan fingerprint density at radius 1 is 1.25 bits per heavy atom. The number of rotatable bonds is 3. The maximum Gasteiger partial charge on any atom is 0.301 e. The molecule has 4 aromatic heterocycles. The molecule has 0 radical (unpaired) electrons. The van der Waals surface area contributed by atoms with E-state index in [2.05, 4.69) is 15.3 Å². The lowest BCUT2D eigenvalue weighted by atomic mass is 9.93. The van der Waals surface area contributed by atoms with Crippen LogP contribution in [0.4, 0.5) is 6.01 Å². The number of pyridine rings is 1. The molecule has 5 heterocycles. The van der Waals surface area contributed by atoms with Crippen LogP contribution in [-0.4, -0.2) is 37.6 Å². The number of thiophene rings is 1. The third-order valence-electron chi connectivity index (χ3n) is 5.61. The lowest BCUT2D eigenvalue weighted by Gasteiger charge is -2.27. The molecule has 0 saturated heterocycles. The van der Waals surface area contributed by atoms with Crippen LogP contribution in [0, 0.1) is 0 Å². The molecule has 0 aromatic carbocycles. The van der Waals surface area contributed by atoms with Crippen molar-refractivity contribution in [1.29, 1.82) is 0 Å². The minimum Gasteiger partial charge on any atom is -0.432 e. The normalized spacial score (nSPS) is 13.9. The van der Waals surface area contributed by atoms with Gasteiger partial charge in [-0.2, -0.15) is 4.98 Å². The highest BCUT2D eigenvalue weighted by Gasteiger charge is 2.29. The molecule has 164 valence electrons. The van der Waals surface area contributed by atoms with Crippen molar-refractivity contribution in [2.24, 2.45) is 0 Å². The summed E-state index contributed by atoms with van der Waals surface area (Å²) in [5.41, 5.74) is 3.49. The van der Waals surface area contributed by atoms with Crippen molar-refractivity contribution in [2.75, 3.05) is 11.9 Å². The number of fused-ring (bicyclic) bond motifs is 2. The molecule has 0 unspecified atom stereocenters. The molecule has 5 rings (SSSR count). The molecule has 32 heavy (non-hydrogen) atoms. The van der Waals surface area contributed by atoms with E-state index in [1.54, 1.807) is 21.8 Å². The summed E-state index contributed by atoms with van der Waals surface area (Å²) in [6.45, 7) is 7.11. The smallest absolute Gasteiger partial charge is 0.301 e. The fraction of sp³-hybridized carbons (Fsp3) is 0.304. The van der Waals surface area contributed by atoms with E-state index in [1.807, 2.05) is 50.5 Å². The molecule has 4 aromatic rings. The Morgan fingerprint density at radius 2 is 2.09 bits per heavy atom. The fourth-order valence-corrected chi connectivity index (χ4v) is 4.88. The summed E-state index contributed by atoms with van der Waals surface area (Å²) in [6.07, 6.45) is 5.64. The van der Waals surface area contributed by atoms with Crippen molar-refractivity contribution in [2.45, 2.75) is 39.2 Å². The van der Waals surface area contributed by atoms with Gasteiger partial charge in [0, 0.05) is 28.4 Å². The number of nitrogens with zero attached hydrogens (tertiary/aromatic N) is 4. The first-order valence-corrected chi connectivity index (χ1v) is 11.3. The van der Waals surface area contributed by atoms with Crippen molar-refractivity contribution < 1.29 is 14.0 Å². The third-order valence-corrected chi connectivity index (χ3v) is 6.62. The number of amides is 2. The largest absolute Gasteiger partial charge is 0.432 e. The van der Waals surface area contributed by atoms with Crippen LogP contribution in [0.15, 0.2) is 46.7 Å². The van der Waals surface area contributed by atoms with Crippen LogP contribution in [0.25, 0.3) is 5.65 Å². The summed E-state index contributed by atoms with van der Waals surface area (Å²) in [5.74, 6) is -0.311. The second kappa shape index (κ2) is 7.59. The summed E-state index contributed by atoms with van der Waals surface area (Å²) in [7, 11) is 0. The van der Waals surface area contributed by atoms with E-state index in [9.17, 15) is 9.59 Å². The van der Waals surface area contributed by atoms with Crippen molar-refractivity contribution in [3.63, 3.8) is 0 Å². The Kier molecular flexibility index (Phi) is 4.85. The predicted octanol–water partition coefficient (Wildman–Crippen LogP) is 4.13. The molecular formula is C23H23N5O3S. The van der Waals surface area contributed by atoms with Crippen molar-refractivity contribution in [3.8, 4) is 0 Å². The van der Waals surface area contributed by atoms with Gasteiger partial charge in [-0.1, -0.05) is 26.8 Å². The molecule has 1 aliphatic heterocycles. The Labute approximate surface area is 188 Å². The van der Waals surface area contributed by atoms with Crippen molar-refractivity contribution in [3.05, 3.63) is 69.6 Å². The Bertz CT molecular complexity index is 1330. The van der Waals surface area contributed by atoms with Gasteiger partial charge in [0.1, 0.15) is 17.6 Å². The molecule has 0 fully saturated rings. The zero-order valence-electron chi connectivity index (χ0n) is 18.1. The molecule has 0 bridgehead atoms. The van der Waals surface area contributed by atoms with Gasteiger partial charge in [0.25, 0.3) is 11.8 Å². The molecule has 0 atom stereocenters. The SMILES string of the molecule is CC(C)(C)c1coc(NC(=O)c2csc3c2CCN(C(=O)c2cnc4ccccn24)C3)n1. The standard InChI is InChI=1S/C23H23N5O3S/c1-23(2,3)18-12-31-22(25-18)26-20(29)15-13-32-17-11-27(9-7-14(15)17)21(30)16-10-24-19-6-4-5-8-28(16)19/h4-6,8,10,12-13H,7,9,11H2,1-3H3,(H,25,26,29). The number of hydrogen-bond acceptors (Lipinski definition) is 6. The number of carbonyl (C=O) groups is 2. The van der Waals surface area contributed by atoms with Crippen molar-refractivity contribution >= 4 is 34.8 Å². The molecule has 2 amide bonds. The Balaban J connectivity index is 1.32. The molecule has 8 nitrogen and oxygen atoms in total. The van der Waals surface area contributed by atoms with Crippen LogP contribution in [0.1, 0.15) is 57.8 Å². The topological polar surface area (TPSA) is 92.7 Å². The van der Waals surface area contributed by atoms with Gasteiger partial charge in [-0.05, 0) is 24.1 Å². The maximum absolute atomic E-state index is 13.1. The van der Waals surface area contributed by atoms with E-state index < -0.39 is 0 Å². The minimum absolute atomic E-state index is 0.0664. The van der Waals surface area contributed by atoms with Crippen LogP contribution in [0.5, 0.6) is 0 Å². The van der Waals surface area contributed by atoms with Crippen LogP contribution in [0.2, 0.25) is 0 Å². The molecule has 1 N–H and O–H groups in total. The molecule has 0 aliphatic carbocycles. The quantitative estimate of drug-likeness (QED) is 0.508. The van der Waals surface area contributed by atoms with Gasteiger partial charge in [0.15, 0.2) is 0 Å². The van der Waals surface area contributed by atoms with Gasteiger partial charge in [-0.3, -0.25) is 19.3 Å². The number of oxazole rings is 1. The molecular weight excluding hydrogens is 426 g/mol.